The molecule has 0 radical (unpaired) electrons. The first kappa shape index (κ1) is 14.9. The van der Waals surface area contributed by atoms with Crippen molar-refractivity contribution in [2.24, 2.45) is 5.73 Å². The molecule has 0 saturated carbocycles. The average molecular weight is 229 g/mol. The van der Waals surface area contributed by atoms with E-state index in [0.717, 1.165) is 6.42 Å². The molecular formula is C11H23N3O2. The van der Waals surface area contributed by atoms with Gasteiger partial charge in [0, 0.05) is 19.0 Å². The van der Waals surface area contributed by atoms with Crippen LogP contribution in [0.3, 0.4) is 0 Å². The molecule has 0 saturated heterocycles. The molecule has 0 aliphatic rings. The summed E-state index contributed by atoms with van der Waals surface area (Å²) in [5, 5.41) is 5.46. The lowest BCUT2D eigenvalue weighted by molar-refractivity contribution is -0.123. The van der Waals surface area contributed by atoms with Gasteiger partial charge in [-0.25, -0.2) is 0 Å². The molecule has 16 heavy (non-hydrogen) atoms. The summed E-state index contributed by atoms with van der Waals surface area (Å²) in [6.07, 6.45) is 1.80. The van der Waals surface area contributed by atoms with Gasteiger partial charge in [-0.15, -0.1) is 0 Å². The Morgan fingerprint density at radius 3 is 2.38 bits per heavy atom. The molecule has 0 fully saturated rings. The molecule has 0 aliphatic carbocycles. The molecule has 0 aliphatic heterocycles. The fraction of sp³-hybridized carbons (Fsp3) is 0.818. The molecule has 0 spiro atoms. The minimum Gasteiger partial charge on any atom is -0.354 e. The first-order chi connectivity index (χ1) is 7.51. The topological polar surface area (TPSA) is 84.2 Å². The third-order valence-electron chi connectivity index (χ3n) is 2.45. The number of carbonyl (C=O) groups is 2. The van der Waals surface area contributed by atoms with Crippen molar-refractivity contribution >= 4 is 11.8 Å². The SMILES string of the molecule is CCC(C)NC(=O)CCNC(=O)C(N)CC. The minimum absolute atomic E-state index is 0.0419. The van der Waals surface area contributed by atoms with Crippen LogP contribution in [0.25, 0.3) is 0 Å². The van der Waals surface area contributed by atoms with Gasteiger partial charge in [0.15, 0.2) is 0 Å². The van der Waals surface area contributed by atoms with Crippen LogP contribution in [0.5, 0.6) is 0 Å². The highest BCUT2D eigenvalue weighted by molar-refractivity contribution is 5.82. The number of hydrogen-bond acceptors (Lipinski definition) is 3. The summed E-state index contributed by atoms with van der Waals surface area (Å²) >= 11 is 0. The van der Waals surface area contributed by atoms with Gasteiger partial charge in [0.25, 0.3) is 0 Å². The molecule has 2 unspecified atom stereocenters. The molecule has 0 aromatic rings. The molecule has 0 aromatic carbocycles. The van der Waals surface area contributed by atoms with Crippen LogP contribution in [0, 0.1) is 0 Å². The third-order valence-corrected chi connectivity index (χ3v) is 2.45. The first-order valence-corrected chi connectivity index (χ1v) is 5.83. The molecular weight excluding hydrogens is 206 g/mol. The van der Waals surface area contributed by atoms with Crippen LogP contribution in [0.15, 0.2) is 0 Å². The van der Waals surface area contributed by atoms with Crippen molar-refractivity contribution in [2.75, 3.05) is 6.54 Å². The van der Waals surface area contributed by atoms with E-state index in [-0.39, 0.29) is 17.9 Å². The van der Waals surface area contributed by atoms with Gasteiger partial charge in [0.1, 0.15) is 0 Å². The largest absolute Gasteiger partial charge is 0.354 e. The highest BCUT2D eigenvalue weighted by Gasteiger charge is 2.11. The second-order valence-electron chi connectivity index (χ2n) is 3.93. The van der Waals surface area contributed by atoms with Crippen molar-refractivity contribution in [3.05, 3.63) is 0 Å². The Bertz CT molecular complexity index is 231. The van der Waals surface area contributed by atoms with Gasteiger partial charge in [-0.3, -0.25) is 9.59 Å². The van der Waals surface area contributed by atoms with E-state index in [2.05, 4.69) is 10.6 Å². The van der Waals surface area contributed by atoms with Gasteiger partial charge in [0.2, 0.25) is 11.8 Å². The average Bonchev–Trinajstić information content (AvgIpc) is 2.27. The van der Waals surface area contributed by atoms with E-state index < -0.39 is 6.04 Å². The van der Waals surface area contributed by atoms with Crippen molar-refractivity contribution < 1.29 is 9.59 Å². The van der Waals surface area contributed by atoms with E-state index in [4.69, 9.17) is 5.73 Å². The highest BCUT2D eigenvalue weighted by Crippen LogP contribution is 1.90. The zero-order valence-corrected chi connectivity index (χ0v) is 10.4. The molecule has 0 heterocycles. The summed E-state index contributed by atoms with van der Waals surface area (Å²) in [6.45, 7) is 6.14. The molecule has 2 amide bonds. The molecule has 2 atom stereocenters. The van der Waals surface area contributed by atoms with Crippen LogP contribution in [0.2, 0.25) is 0 Å². The summed E-state index contributed by atoms with van der Waals surface area (Å²) in [5.41, 5.74) is 5.52. The predicted octanol–water partition coefficient (Wildman–Crippen LogP) is 0.145. The van der Waals surface area contributed by atoms with Gasteiger partial charge >= 0.3 is 0 Å². The Kier molecular flexibility index (Phi) is 7.54. The predicted molar refractivity (Wildman–Crippen MR) is 63.8 cm³/mol. The fourth-order valence-corrected chi connectivity index (χ4v) is 1.06. The van der Waals surface area contributed by atoms with Crippen LogP contribution in [-0.2, 0) is 9.59 Å². The molecule has 4 N–H and O–H groups in total. The lowest BCUT2D eigenvalue weighted by atomic mass is 10.2. The number of nitrogens with two attached hydrogens (primary N) is 1. The summed E-state index contributed by atoms with van der Waals surface area (Å²) in [4.78, 5) is 22.6. The summed E-state index contributed by atoms with van der Waals surface area (Å²) in [6, 6.07) is -0.293. The lowest BCUT2D eigenvalue weighted by Crippen LogP contribution is -2.42. The zero-order valence-electron chi connectivity index (χ0n) is 10.4. The highest BCUT2D eigenvalue weighted by atomic mass is 16.2. The summed E-state index contributed by atoms with van der Waals surface area (Å²) in [5.74, 6) is -0.237. The number of amides is 2. The molecule has 5 heteroatoms. The van der Waals surface area contributed by atoms with Gasteiger partial charge in [0.05, 0.1) is 6.04 Å². The summed E-state index contributed by atoms with van der Waals surface area (Å²) < 4.78 is 0. The fourth-order valence-electron chi connectivity index (χ4n) is 1.06. The first-order valence-electron chi connectivity index (χ1n) is 5.83. The third kappa shape index (κ3) is 6.40. The number of carbonyl (C=O) groups excluding carboxylic acids is 2. The Balaban J connectivity index is 3.66. The smallest absolute Gasteiger partial charge is 0.236 e. The molecule has 0 rings (SSSR count). The van der Waals surface area contributed by atoms with Gasteiger partial charge in [-0.1, -0.05) is 13.8 Å². The van der Waals surface area contributed by atoms with Crippen LogP contribution in [0.4, 0.5) is 0 Å². The quantitative estimate of drug-likeness (QED) is 0.581. The van der Waals surface area contributed by atoms with Crippen molar-refractivity contribution in [3.63, 3.8) is 0 Å². The maximum atomic E-state index is 11.3. The molecule has 5 nitrogen and oxygen atoms in total. The minimum atomic E-state index is -0.474. The van der Waals surface area contributed by atoms with E-state index in [1.54, 1.807) is 0 Å². The van der Waals surface area contributed by atoms with E-state index in [1.165, 1.54) is 0 Å². The van der Waals surface area contributed by atoms with Gasteiger partial charge in [-0.2, -0.15) is 0 Å². The van der Waals surface area contributed by atoms with Crippen LogP contribution < -0.4 is 16.4 Å². The van der Waals surface area contributed by atoms with E-state index in [9.17, 15) is 9.59 Å². The van der Waals surface area contributed by atoms with E-state index >= 15 is 0 Å². The Morgan fingerprint density at radius 2 is 1.88 bits per heavy atom. The summed E-state index contributed by atoms with van der Waals surface area (Å²) in [7, 11) is 0. The maximum absolute atomic E-state index is 11.3. The standard InChI is InChI=1S/C11H23N3O2/c1-4-8(3)14-10(15)6-7-13-11(16)9(12)5-2/h8-9H,4-7,12H2,1-3H3,(H,13,16)(H,14,15). The second kappa shape index (κ2) is 8.10. The Hall–Kier alpha value is -1.10. The van der Waals surface area contributed by atoms with Gasteiger partial charge in [-0.05, 0) is 19.8 Å². The maximum Gasteiger partial charge on any atom is 0.236 e. The van der Waals surface area contributed by atoms with Crippen molar-refractivity contribution in [1.29, 1.82) is 0 Å². The Morgan fingerprint density at radius 1 is 1.25 bits per heavy atom. The molecule has 94 valence electrons. The van der Waals surface area contributed by atoms with Crippen LogP contribution in [0.1, 0.15) is 40.0 Å². The number of rotatable bonds is 7. The number of hydrogen-bond donors (Lipinski definition) is 3. The number of nitrogens with one attached hydrogen (secondary N) is 2. The Labute approximate surface area is 97.2 Å². The van der Waals surface area contributed by atoms with E-state index in [1.807, 2.05) is 20.8 Å². The van der Waals surface area contributed by atoms with E-state index in [0.29, 0.717) is 19.4 Å². The normalized spacial score (nSPS) is 14.0. The zero-order chi connectivity index (χ0) is 12.6. The van der Waals surface area contributed by atoms with Gasteiger partial charge < -0.3 is 16.4 Å². The lowest BCUT2D eigenvalue weighted by Gasteiger charge is -2.12. The van der Waals surface area contributed by atoms with Crippen LogP contribution in [-0.4, -0.2) is 30.4 Å². The molecule has 0 aromatic heterocycles. The monoisotopic (exact) mass is 229 g/mol. The molecule has 0 bridgehead atoms. The second-order valence-corrected chi connectivity index (χ2v) is 3.93. The van der Waals surface area contributed by atoms with Crippen molar-refractivity contribution in [1.82, 2.24) is 10.6 Å². The van der Waals surface area contributed by atoms with Crippen molar-refractivity contribution in [3.8, 4) is 0 Å². The van der Waals surface area contributed by atoms with Crippen LogP contribution >= 0.6 is 0 Å². The van der Waals surface area contributed by atoms with Crippen molar-refractivity contribution in [2.45, 2.75) is 52.1 Å².